The topological polar surface area (TPSA) is 61.4 Å². The molecule has 24 heavy (non-hydrogen) atoms. The predicted octanol–water partition coefficient (Wildman–Crippen LogP) is 1.98. The van der Waals surface area contributed by atoms with Gasteiger partial charge in [0.05, 0.1) is 0 Å². The molecule has 1 aromatic carbocycles. The average Bonchev–Trinajstić information content (AvgIpc) is 2.60. The Labute approximate surface area is 142 Å². The summed E-state index contributed by atoms with van der Waals surface area (Å²) >= 11 is 0. The highest BCUT2D eigenvalue weighted by molar-refractivity contribution is 5.52. The molecule has 0 aliphatic carbocycles. The molecule has 0 bridgehead atoms. The second-order valence-corrected chi connectivity index (χ2v) is 6.13. The number of aryl methyl sites for hydroxylation is 2. The summed E-state index contributed by atoms with van der Waals surface area (Å²) in [5.74, 6) is 2.49. The zero-order valence-electron chi connectivity index (χ0n) is 14.2. The molecule has 3 rings (SSSR count). The third kappa shape index (κ3) is 4.01. The lowest BCUT2D eigenvalue weighted by molar-refractivity contribution is -0.118. The number of anilines is 2. The van der Waals surface area contributed by atoms with Gasteiger partial charge in [-0.3, -0.25) is 4.79 Å². The fourth-order valence-corrected chi connectivity index (χ4v) is 2.88. The molecule has 1 aliphatic heterocycles. The van der Waals surface area contributed by atoms with Crippen LogP contribution in [0, 0.1) is 13.8 Å². The monoisotopic (exact) mass is 325 g/mol. The van der Waals surface area contributed by atoms with Gasteiger partial charge in [-0.2, -0.15) is 0 Å². The van der Waals surface area contributed by atoms with Gasteiger partial charge in [0, 0.05) is 38.8 Å². The molecule has 0 radical (unpaired) electrons. The van der Waals surface area contributed by atoms with Gasteiger partial charge in [-0.1, -0.05) is 29.8 Å². The van der Waals surface area contributed by atoms with Crippen molar-refractivity contribution >= 4 is 18.0 Å². The Balaban J connectivity index is 1.68. The van der Waals surface area contributed by atoms with Crippen molar-refractivity contribution in [1.29, 1.82) is 0 Å². The fourth-order valence-electron chi connectivity index (χ4n) is 2.88. The SMILES string of the molecule is Cc1cccc(CNc2cc(N3CCN(C=O)CC3)nc(C)n2)c1. The largest absolute Gasteiger partial charge is 0.366 e. The van der Waals surface area contributed by atoms with Crippen LogP contribution in [-0.2, 0) is 11.3 Å². The van der Waals surface area contributed by atoms with E-state index in [1.165, 1.54) is 11.1 Å². The van der Waals surface area contributed by atoms with Crippen LogP contribution in [0.5, 0.6) is 0 Å². The van der Waals surface area contributed by atoms with Crippen molar-refractivity contribution in [2.75, 3.05) is 36.4 Å². The van der Waals surface area contributed by atoms with Gasteiger partial charge < -0.3 is 15.1 Å². The van der Waals surface area contributed by atoms with Gasteiger partial charge in [0.15, 0.2) is 0 Å². The summed E-state index contributed by atoms with van der Waals surface area (Å²) < 4.78 is 0. The smallest absolute Gasteiger partial charge is 0.209 e. The number of nitrogens with one attached hydrogen (secondary N) is 1. The van der Waals surface area contributed by atoms with Crippen molar-refractivity contribution in [1.82, 2.24) is 14.9 Å². The highest BCUT2D eigenvalue weighted by atomic mass is 16.1. The molecule has 0 saturated carbocycles. The molecular weight excluding hydrogens is 302 g/mol. The number of benzene rings is 1. The molecule has 1 fully saturated rings. The molecule has 0 unspecified atom stereocenters. The molecule has 2 aromatic rings. The Morgan fingerprint density at radius 2 is 1.92 bits per heavy atom. The Kier molecular flexibility index (Phi) is 4.93. The van der Waals surface area contributed by atoms with E-state index in [4.69, 9.17) is 0 Å². The molecule has 1 amide bonds. The number of carbonyl (C=O) groups excluding carboxylic acids is 1. The number of carbonyl (C=O) groups is 1. The van der Waals surface area contributed by atoms with E-state index in [0.29, 0.717) is 0 Å². The highest BCUT2D eigenvalue weighted by Crippen LogP contribution is 2.18. The van der Waals surface area contributed by atoms with E-state index < -0.39 is 0 Å². The first-order chi connectivity index (χ1) is 11.6. The van der Waals surface area contributed by atoms with E-state index in [1.807, 2.05) is 13.0 Å². The minimum absolute atomic E-state index is 0.733. The third-order valence-electron chi connectivity index (χ3n) is 4.17. The molecule has 2 heterocycles. The summed E-state index contributed by atoms with van der Waals surface area (Å²) in [5, 5.41) is 3.38. The fraction of sp³-hybridized carbons (Fsp3) is 0.389. The van der Waals surface area contributed by atoms with Crippen LogP contribution in [0.3, 0.4) is 0 Å². The van der Waals surface area contributed by atoms with Gasteiger partial charge in [0.2, 0.25) is 6.41 Å². The summed E-state index contributed by atoms with van der Waals surface area (Å²) in [6.07, 6.45) is 0.914. The van der Waals surface area contributed by atoms with E-state index in [9.17, 15) is 4.79 Å². The predicted molar refractivity (Wildman–Crippen MR) is 95.1 cm³/mol. The molecule has 0 spiro atoms. The van der Waals surface area contributed by atoms with Crippen LogP contribution < -0.4 is 10.2 Å². The number of hydrogen-bond donors (Lipinski definition) is 1. The summed E-state index contributed by atoms with van der Waals surface area (Å²) in [6, 6.07) is 10.4. The first-order valence-electron chi connectivity index (χ1n) is 8.23. The van der Waals surface area contributed by atoms with Crippen molar-refractivity contribution in [2.24, 2.45) is 0 Å². The van der Waals surface area contributed by atoms with Gasteiger partial charge in [0.1, 0.15) is 17.5 Å². The summed E-state index contributed by atoms with van der Waals surface area (Å²) in [6.45, 7) is 7.80. The van der Waals surface area contributed by atoms with Crippen LogP contribution in [0.4, 0.5) is 11.6 Å². The third-order valence-corrected chi connectivity index (χ3v) is 4.17. The highest BCUT2D eigenvalue weighted by Gasteiger charge is 2.17. The van der Waals surface area contributed by atoms with Crippen molar-refractivity contribution in [2.45, 2.75) is 20.4 Å². The maximum atomic E-state index is 10.8. The van der Waals surface area contributed by atoms with Crippen LogP contribution in [0.1, 0.15) is 17.0 Å². The Hall–Kier alpha value is -2.63. The molecule has 6 heteroatoms. The lowest BCUT2D eigenvalue weighted by Crippen LogP contribution is -2.46. The van der Waals surface area contributed by atoms with Crippen LogP contribution >= 0.6 is 0 Å². The number of hydrogen-bond acceptors (Lipinski definition) is 5. The van der Waals surface area contributed by atoms with Crippen molar-refractivity contribution in [3.05, 3.63) is 47.3 Å². The van der Waals surface area contributed by atoms with Crippen molar-refractivity contribution in [3.8, 4) is 0 Å². The molecule has 1 N–H and O–H groups in total. The van der Waals surface area contributed by atoms with Gasteiger partial charge in [-0.05, 0) is 19.4 Å². The second kappa shape index (κ2) is 7.29. The van der Waals surface area contributed by atoms with Crippen LogP contribution in [0.15, 0.2) is 30.3 Å². The zero-order valence-corrected chi connectivity index (χ0v) is 14.2. The van der Waals surface area contributed by atoms with Crippen molar-refractivity contribution < 1.29 is 4.79 Å². The van der Waals surface area contributed by atoms with E-state index in [0.717, 1.165) is 56.6 Å². The van der Waals surface area contributed by atoms with Crippen LogP contribution in [0.25, 0.3) is 0 Å². The molecular formula is C18H23N5O. The number of aromatic nitrogens is 2. The maximum Gasteiger partial charge on any atom is 0.209 e. The number of nitrogens with zero attached hydrogens (tertiary/aromatic N) is 4. The average molecular weight is 325 g/mol. The molecule has 1 aromatic heterocycles. The van der Waals surface area contributed by atoms with E-state index >= 15 is 0 Å². The molecule has 126 valence electrons. The first-order valence-corrected chi connectivity index (χ1v) is 8.23. The molecule has 6 nitrogen and oxygen atoms in total. The number of piperazine rings is 1. The minimum atomic E-state index is 0.733. The standard InChI is InChI=1S/C18H23N5O/c1-14-4-3-5-16(10-14)12-19-17-11-18(21-15(2)20-17)23-8-6-22(13-24)7-9-23/h3-5,10-11,13H,6-9,12H2,1-2H3,(H,19,20,21). The van der Waals surface area contributed by atoms with E-state index in [-0.39, 0.29) is 0 Å². The second-order valence-electron chi connectivity index (χ2n) is 6.13. The zero-order chi connectivity index (χ0) is 16.9. The van der Waals surface area contributed by atoms with Crippen molar-refractivity contribution in [3.63, 3.8) is 0 Å². The normalized spacial score (nSPS) is 14.6. The number of rotatable bonds is 5. The lowest BCUT2D eigenvalue weighted by atomic mass is 10.1. The summed E-state index contributed by atoms with van der Waals surface area (Å²) in [5.41, 5.74) is 2.48. The molecule has 1 saturated heterocycles. The van der Waals surface area contributed by atoms with Gasteiger partial charge in [-0.15, -0.1) is 0 Å². The quantitative estimate of drug-likeness (QED) is 0.852. The number of amides is 1. The Morgan fingerprint density at radius 1 is 1.12 bits per heavy atom. The molecule has 0 atom stereocenters. The lowest BCUT2D eigenvalue weighted by Gasteiger charge is -2.33. The van der Waals surface area contributed by atoms with Gasteiger partial charge >= 0.3 is 0 Å². The first kappa shape index (κ1) is 16.2. The van der Waals surface area contributed by atoms with Gasteiger partial charge in [-0.25, -0.2) is 9.97 Å². The minimum Gasteiger partial charge on any atom is -0.366 e. The van der Waals surface area contributed by atoms with Crippen LogP contribution in [0.2, 0.25) is 0 Å². The summed E-state index contributed by atoms with van der Waals surface area (Å²) in [7, 11) is 0. The van der Waals surface area contributed by atoms with E-state index in [2.05, 4.69) is 51.4 Å². The van der Waals surface area contributed by atoms with Gasteiger partial charge in [0.25, 0.3) is 0 Å². The summed E-state index contributed by atoms with van der Waals surface area (Å²) in [4.78, 5) is 23.8. The Morgan fingerprint density at radius 3 is 2.62 bits per heavy atom. The van der Waals surface area contributed by atoms with Crippen LogP contribution in [-0.4, -0.2) is 47.5 Å². The van der Waals surface area contributed by atoms with E-state index in [1.54, 1.807) is 4.90 Å². The molecule has 1 aliphatic rings. The Bertz CT molecular complexity index is 710. The maximum absolute atomic E-state index is 10.8.